The molecular weight excluding hydrogens is 238 g/mol. The molecule has 102 valence electrons. The summed E-state index contributed by atoms with van der Waals surface area (Å²) in [4.78, 5) is 12.4. The molecule has 3 heteroatoms. The number of ether oxygens (including phenoxy) is 1. The monoisotopic (exact) mass is 259 g/mol. The first-order chi connectivity index (χ1) is 9.29. The molecule has 2 saturated carbocycles. The Balaban J connectivity index is 1.67. The standard InChI is InChI=1S/C16H21NO2/c1-19-15(13-5-3-2-4-6-13)16(18)17-14(11-7-8-11)12-9-10-12/h2-6,11-12,14-15H,7-10H2,1H3,(H,17,18)/t15-/m1/s1. The van der Waals surface area contributed by atoms with E-state index < -0.39 is 6.10 Å². The van der Waals surface area contributed by atoms with Crippen LogP contribution in [0.1, 0.15) is 37.4 Å². The lowest BCUT2D eigenvalue weighted by Gasteiger charge is -2.22. The summed E-state index contributed by atoms with van der Waals surface area (Å²) in [6.45, 7) is 0. The van der Waals surface area contributed by atoms with E-state index in [1.54, 1.807) is 7.11 Å². The van der Waals surface area contributed by atoms with Crippen molar-refractivity contribution in [2.24, 2.45) is 11.8 Å². The highest BCUT2D eigenvalue weighted by Crippen LogP contribution is 2.44. The number of methoxy groups -OCH3 is 1. The topological polar surface area (TPSA) is 38.3 Å². The number of amides is 1. The lowest BCUT2D eigenvalue weighted by molar-refractivity contribution is -0.132. The lowest BCUT2D eigenvalue weighted by Crippen LogP contribution is -2.41. The van der Waals surface area contributed by atoms with Crippen LogP contribution in [0, 0.1) is 11.8 Å². The molecule has 1 amide bonds. The first-order valence-corrected chi connectivity index (χ1v) is 7.17. The molecule has 2 fully saturated rings. The van der Waals surface area contributed by atoms with Crippen LogP contribution in [0.4, 0.5) is 0 Å². The van der Waals surface area contributed by atoms with E-state index in [9.17, 15) is 4.79 Å². The molecule has 0 aromatic heterocycles. The summed E-state index contributed by atoms with van der Waals surface area (Å²) >= 11 is 0. The van der Waals surface area contributed by atoms with Gasteiger partial charge in [-0.1, -0.05) is 30.3 Å². The van der Waals surface area contributed by atoms with Gasteiger partial charge in [0.2, 0.25) is 0 Å². The second-order valence-electron chi connectivity index (χ2n) is 5.74. The number of nitrogens with one attached hydrogen (secondary N) is 1. The van der Waals surface area contributed by atoms with E-state index in [4.69, 9.17) is 4.74 Å². The van der Waals surface area contributed by atoms with Gasteiger partial charge >= 0.3 is 0 Å². The largest absolute Gasteiger partial charge is 0.367 e. The molecule has 0 spiro atoms. The molecule has 2 aliphatic carbocycles. The Morgan fingerprint density at radius 2 is 1.74 bits per heavy atom. The minimum Gasteiger partial charge on any atom is -0.367 e. The molecule has 0 bridgehead atoms. The number of benzene rings is 1. The van der Waals surface area contributed by atoms with E-state index in [1.807, 2.05) is 30.3 Å². The van der Waals surface area contributed by atoms with Crippen molar-refractivity contribution in [1.29, 1.82) is 0 Å². The fraction of sp³-hybridized carbons (Fsp3) is 0.562. The summed E-state index contributed by atoms with van der Waals surface area (Å²) in [5.41, 5.74) is 0.924. The van der Waals surface area contributed by atoms with Gasteiger partial charge in [-0.3, -0.25) is 4.79 Å². The fourth-order valence-corrected chi connectivity index (χ4v) is 2.79. The van der Waals surface area contributed by atoms with Gasteiger partial charge in [0.15, 0.2) is 6.10 Å². The SMILES string of the molecule is CO[C@@H](C(=O)NC(C1CC1)C1CC1)c1ccccc1. The Morgan fingerprint density at radius 1 is 1.16 bits per heavy atom. The van der Waals surface area contributed by atoms with Crippen molar-refractivity contribution >= 4 is 5.91 Å². The van der Waals surface area contributed by atoms with Gasteiger partial charge in [0, 0.05) is 13.2 Å². The van der Waals surface area contributed by atoms with Crippen molar-refractivity contribution in [1.82, 2.24) is 5.32 Å². The molecule has 3 rings (SSSR count). The van der Waals surface area contributed by atoms with Crippen molar-refractivity contribution in [3.8, 4) is 0 Å². The summed E-state index contributed by atoms with van der Waals surface area (Å²) in [5, 5.41) is 3.23. The predicted molar refractivity (Wildman–Crippen MR) is 73.6 cm³/mol. The molecule has 2 aliphatic rings. The Labute approximate surface area is 114 Å². The average Bonchev–Trinajstić information content (AvgIpc) is 3.30. The van der Waals surface area contributed by atoms with Gasteiger partial charge in [-0.05, 0) is 43.1 Å². The number of carbonyl (C=O) groups excluding carboxylic acids is 1. The van der Waals surface area contributed by atoms with E-state index in [-0.39, 0.29) is 5.91 Å². The second kappa shape index (κ2) is 5.33. The van der Waals surface area contributed by atoms with Crippen LogP contribution in [0.15, 0.2) is 30.3 Å². The molecule has 3 nitrogen and oxygen atoms in total. The number of rotatable bonds is 6. The van der Waals surface area contributed by atoms with Gasteiger partial charge in [0.1, 0.15) is 0 Å². The molecule has 1 aromatic carbocycles. The molecule has 1 atom stereocenters. The minimum atomic E-state index is -0.485. The number of hydrogen-bond donors (Lipinski definition) is 1. The first-order valence-electron chi connectivity index (χ1n) is 7.17. The molecule has 0 unspecified atom stereocenters. The zero-order chi connectivity index (χ0) is 13.2. The maximum Gasteiger partial charge on any atom is 0.253 e. The van der Waals surface area contributed by atoms with Crippen LogP contribution in [0.3, 0.4) is 0 Å². The summed E-state index contributed by atoms with van der Waals surface area (Å²) in [6, 6.07) is 10.1. The van der Waals surface area contributed by atoms with Crippen molar-refractivity contribution in [2.75, 3.05) is 7.11 Å². The van der Waals surface area contributed by atoms with Gasteiger partial charge in [-0.25, -0.2) is 0 Å². The molecule has 0 saturated heterocycles. The van der Waals surface area contributed by atoms with Gasteiger partial charge in [-0.2, -0.15) is 0 Å². The summed E-state index contributed by atoms with van der Waals surface area (Å²) in [6.07, 6.45) is 4.59. The van der Waals surface area contributed by atoms with E-state index in [2.05, 4.69) is 5.32 Å². The van der Waals surface area contributed by atoms with Crippen molar-refractivity contribution < 1.29 is 9.53 Å². The summed E-state index contributed by atoms with van der Waals surface area (Å²) in [5.74, 6) is 1.44. The molecule has 0 heterocycles. The van der Waals surface area contributed by atoms with Crippen LogP contribution < -0.4 is 5.32 Å². The van der Waals surface area contributed by atoms with Gasteiger partial charge in [0.05, 0.1) is 0 Å². The third-order valence-corrected chi connectivity index (χ3v) is 4.14. The predicted octanol–water partition coefficient (Wildman–Crippen LogP) is 2.68. The highest BCUT2D eigenvalue weighted by atomic mass is 16.5. The third-order valence-electron chi connectivity index (χ3n) is 4.14. The zero-order valence-corrected chi connectivity index (χ0v) is 11.3. The van der Waals surface area contributed by atoms with Crippen molar-refractivity contribution in [3.63, 3.8) is 0 Å². The summed E-state index contributed by atoms with van der Waals surface area (Å²) < 4.78 is 5.39. The zero-order valence-electron chi connectivity index (χ0n) is 11.3. The molecular formula is C16H21NO2. The molecule has 1 N–H and O–H groups in total. The van der Waals surface area contributed by atoms with Crippen molar-refractivity contribution in [3.05, 3.63) is 35.9 Å². The third kappa shape index (κ3) is 2.98. The quantitative estimate of drug-likeness (QED) is 0.853. The van der Waals surface area contributed by atoms with Crippen molar-refractivity contribution in [2.45, 2.75) is 37.8 Å². The highest BCUT2D eigenvalue weighted by molar-refractivity contribution is 5.82. The first kappa shape index (κ1) is 12.7. The Morgan fingerprint density at radius 3 is 2.21 bits per heavy atom. The smallest absolute Gasteiger partial charge is 0.253 e. The average molecular weight is 259 g/mol. The van der Waals surface area contributed by atoms with Crippen LogP contribution in [0.5, 0.6) is 0 Å². The Bertz CT molecular complexity index is 425. The highest BCUT2D eigenvalue weighted by Gasteiger charge is 2.42. The maximum absolute atomic E-state index is 12.4. The van der Waals surface area contributed by atoms with Crippen LogP contribution in [-0.2, 0) is 9.53 Å². The fourth-order valence-electron chi connectivity index (χ4n) is 2.79. The van der Waals surface area contributed by atoms with Crippen LogP contribution in [-0.4, -0.2) is 19.1 Å². The Hall–Kier alpha value is -1.35. The van der Waals surface area contributed by atoms with Crippen LogP contribution in [0.25, 0.3) is 0 Å². The van der Waals surface area contributed by atoms with Gasteiger partial charge < -0.3 is 10.1 Å². The maximum atomic E-state index is 12.4. The lowest BCUT2D eigenvalue weighted by atomic mass is 10.0. The van der Waals surface area contributed by atoms with E-state index in [0.717, 1.165) is 5.56 Å². The van der Waals surface area contributed by atoms with Gasteiger partial charge in [-0.15, -0.1) is 0 Å². The van der Waals surface area contributed by atoms with E-state index >= 15 is 0 Å². The normalized spacial score (nSPS) is 20.3. The Kier molecular flexibility index (Phi) is 3.56. The molecule has 1 aromatic rings. The van der Waals surface area contributed by atoms with Crippen LogP contribution >= 0.6 is 0 Å². The molecule has 0 radical (unpaired) electrons. The van der Waals surface area contributed by atoms with Gasteiger partial charge in [0.25, 0.3) is 5.91 Å². The minimum absolute atomic E-state index is 0.0116. The summed E-state index contributed by atoms with van der Waals surface area (Å²) in [7, 11) is 1.60. The van der Waals surface area contributed by atoms with E-state index in [0.29, 0.717) is 17.9 Å². The molecule has 0 aliphatic heterocycles. The second-order valence-corrected chi connectivity index (χ2v) is 5.74. The van der Waals surface area contributed by atoms with Crippen LogP contribution in [0.2, 0.25) is 0 Å². The number of carbonyl (C=O) groups is 1. The number of hydrogen-bond acceptors (Lipinski definition) is 2. The molecule has 19 heavy (non-hydrogen) atoms. The van der Waals surface area contributed by atoms with E-state index in [1.165, 1.54) is 25.7 Å².